The predicted molar refractivity (Wildman–Crippen MR) is 84.1 cm³/mol. The standard InChI is InChI=1S/C16H31N3O2/c1-4-13-11-21-12(3)10-19(13)14-7-6-8-16(9-14,15(17)20)18-5-2/h12-14,18H,4-11H2,1-3H3,(H2,17,20). The Morgan fingerprint density at radius 2 is 2.24 bits per heavy atom. The van der Waals surface area contributed by atoms with Crippen LogP contribution in [-0.2, 0) is 9.53 Å². The average molecular weight is 297 g/mol. The van der Waals surface area contributed by atoms with Crippen molar-refractivity contribution in [2.75, 3.05) is 19.7 Å². The van der Waals surface area contributed by atoms with Gasteiger partial charge in [0.05, 0.1) is 18.2 Å². The van der Waals surface area contributed by atoms with Crippen LogP contribution >= 0.6 is 0 Å². The zero-order chi connectivity index (χ0) is 15.5. The van der Waals surface area contributed by atoms with Crippen molar-refractivity contribution < 1.29 is 9.53 Å². The van der Waals surface area contributed by atoms with E-state index in [1.807, 2.05) is 6.92 Å². The Bertz CT molecular complexity index is 359. The van der Waals surface area contributed by atoms with Gasteiger partial charge >= 0.3 is 0 Å². The number of carbonyl (C=O) groups is 1. The lowest BCUT2D eigenvalue weighted by molar-refractivity contribution is -0.128. The van der Waals surface area contributed by atoms with Gasteiger partial charge in [-0.1, -0.05) is 13.8 Å². The maximum atomic E-state index is 12.0. The van der Waals surface area contributed by atoms with E-state index in [1.54, 1.807) is 0 Å². The largest absolute Gasteiger partial charge is 0.376 e. The maximum absolute atomic E-state index is 12.0. The van der Waals surface area contributed by atoms with E-state index in [0.717, 1.165) is 51.8 Å². The molecule has 122 valence electrons. The maximum Gasteiger partial charge on any atom is 0.237 e. The molecule has 0 aromatic heterocycles. The average Bonchev–Trinajstić information content (AvgIpc) is 2.47. The molecule has 21 heavy (non-hydrogen) atoms. The molecule has 1 aliphatic heterocycles. The molecule has 0 bridgehead atoms. The fourth-order valence-electron chi connectivity index (χ4n) is 4.01. The highest BCUT2D eigenvalue weighted by molar-refractivity contribution is 5.84. The summed E-state index contributed by atoms with van der Waals surface area (Å²) >= 11 is 0. The van der Waals surface area contributed by atoms with Gasteiger partial charge in [0.2, 0.25) is 5.91 Å². The number of rotatable bonds is 5. The zero-order valence-electron chi connectivity index (χ0n) is 13.7. The number of likely N-dealkylation sites (N-methyl/N-ethyl adjacent to an activating group) is 1. The van der Waals surface area contributed by atoms with Crippen LogP contribution in [0.3, 0.4) is 0 Å². The van der Waals surface area contributed by atoms with Crippen molar-refractivity contribution in [2.45, 2.75) is 76.6 Å². The first kappa shape index (κ1) is 16.7. The third-order valence-corrected chi connectivity index (χ3v) is 5.16. The van der Waals surface area contributed by atoms with Gasteiger partial charge in [-0.25, -0.2) is 0 Å². The first-order valence-electron chi connectivity index (χ1n) is 8.44. The molecule has 0 radical (unpaired) electrons. The summed E-state index contributed by atoms with van der Waals surface area (Å²) in [4.78, 5) is 14.6. The summed E-state index contributed by atoms with van der Waals surface area (Å²) in [5, 5.41) is 3.38. The summed E-state index contributed by atoms with van der Waals surface area (Å²) in [5.74, 6) is -0.191. The molecule has 1 saturated heterocycles. The third kappa shape index (κ3) is 3.58. The summed E-state index contributed by atoms with van der Waals surface area (Å²) in [6.07, 6.45) is 5.28. The summed E-state index contributed by atoms with van der Waals surface area (Å²) in [7, 11) is 0. The monoisotopic (exact) mass is 297 g/mol. The molecule has 4 atom stereocenters. The van der Waals surface area contributed by atoms with E-state index in [0.29, 0.717) is 12.1 Å². The molecule has 2 fully saturated rings. The molecule has 4 unspecified atom stereocenters. The van der Waals surface area contributed by atoms with E-state index >= 15 is 0 Å². The van der Waals surface area contributed by atoms with Gasteiger partial charge in [0.15, 0.2) is 0 Å². The predicted octanol–water partition coefficient (Wildman–Crippen LogP) is 1.26. The Labute approximate surface area is 128 Å². The number of nitrogens with two attached hydrogens (primary N) is 1. The highest BCUT2D eigenvalue weighted by Crippen LogP contribution is 2.33. The van der Waals surface area contributed by atoms with Gasteiger partial charge in [0.1, 0.15) is 0 Å². The summed E-state index contributed by atoms with van der Waals surface area (Å²) in [6, 6.07) is 0.901. The molecule has 1 amide bonds. The number of nitrogens with zero attached hydrogens (tertiary/aromatic N) is 1. The molecule has 0 aromatic carbocycles. The minimum atomic E-state index is -0.516. The normalized spacial score (nSPS) is 38.3. The Hall–Kier alpha value is -0.650. The van der Waals surface area contributed by atoms with Gasteiger partial charge in [-0.15, -0.1) is 0 Å². The lowest BCUT2D eigenvalue weighted by atomic mass is 9.77. The quantitative estimate of drug-likeness (QED) is 0.802. The van der Waals surface area contributed by atoms with Crippen LogP contribution < -0.4 is 11.1 Å². The van der Waals surface area contributed by atoms with Crippen LogP contribution in [0.25, 0.3) is 0 Å². The fraction of sp³-hybridized carbons (Fsp3) is 0.938. The Morgan fingerprint density at radius 1 is 1.48 bits per heavy atom. The van der Waals surface area contributed by atoms with Crippen LogP contribution in [0, 0.1) is 0 Å². The van der Waals surface area contributed by atoms with Crippen LogP contribution in [0.1, 0.15) is 52.9 Å². The Balaban J connectivity index is 2.13. The van der Waals surface area contributed by atoms with E-state index in [4.69, 9.17) is 10.5 Å². The van der Waals surface area contributed by atoms with Gasteiger partial charge in [-0.3, -0.25) is 9.69 Å². The van der Waals surface area contributed by atoms with Crippen LogP contribution in [0.5, 0.6) is 0 Å². The number of morpholine rings is 1. The summed E-state index contributed by atoms with van der Waals surface area (Å²) in [6.45, 7) is 8.94. The van der Waals surface area contributed by atoms with Crippen molar-refractivity contribution in [3.63, 3.8) is 0 Å². The van der Waals surface area contributed by atoms with Gasteiger partial charge in [0, 0.05) is 18.6 Å². The molecule has 0 spiro atoms. The van der Waals surface area contributed by atoms with Crippen molar-refractivity contribution in [1.29, 1.82) is 0 Å². The highest BCUT2D eigenvalue weighted by Gasteiger charge is 2.44. The molecule has 1 saturated carbocycles. The fourth-order valence-corrected chi connectivity index (χ4v) is 4.01. The molecular weight excluding hydrogens is 266 g/mol. The molecule has 5 heteroatoms. The third-order valence-electron chi connectivity index (χ3n) is 5.16. The second-order valence-electron chi connectivity index (χ2n) is 6.63. The van der Waals surface area contributed by atoms with Crippen molar-refractivity contribution in [1.82, 2.24) is 10.2 Å². The molecule has 2 rings (SSSR count). The lowest BCUT2D eigenvalue weighted by Gasteiger charge is -2.48. The Morgan fingerprint density at radius 3 is 2.86 bits per heavy atom. The van der Waals surface area contributed by atoms with E-state index in [9.17, 15) is 4.79 Å². The molecule has 0 aromatic rings. The topological polar surface area (TPSA) is 67.6 Å². The minimum Gasteiger partial charge on any atom is -0.376 e. The number of carbonyl (C=O) groups excluding carboxylic acids is 1. The molecule has 1 aliphatic carbocycles. The second-order valence-corrected chi connectivity index (χ2v) is 6.63. The number of primary amides is 1. The molecule has 1 heterocycles. The second kappa shape index (κ2) is 7.07. The number of ether oxygens (including phenoxy) is 1. The number of amides is 1. The van der Waals surface area contributed by atoms with Crippen molar-refractivity contribution in [3.8, 4) is 0 Å². The highest BCUT2D eigenvalue weighted by atomic mass is 16.5. The molecular formula is C16H31N3O2. The number of hydrogen-bond acceptors (Lipinski definition) is 4. The summed E-state index contributed by atoms with van der Waals surface area (Å²) < 4.78 is 5.80. The lowest BCUT2D eigenvalue weighted by Crippen LogP contribution is -2.63. The van der Waals surface area contributed by atoms with Gasteiger partial charge < -0.3 is 15.8 Å². The van der Waals surface area contributed by atoms with E-state index in [1.165, 1.54) is 0 Å². The first-order valence-corrected chi connectivity index (χ1v) is 8.44. The number of nitrogens with one attached hydrogen (secondary N) is 1. The van der Waals surface area contributed by atoms with E-state index in [2.05, 4.69) is 24.1 Å². The van der Waals surface area contributed by atoms with E-state index in [-0.39, 0.29) is 12.0 Å². The van der Waals surface area contributed by atoms with Crippen LogP contribution in [0.2, 0.25) is 0 Å². The zero-order valence-corrected chi connectivity index (χ0v) is 13.7. The van der Waals surface area contributed by atoms with Crippen molar-refractivity contribution in [3.05, 3.63) is 0 Å². The van der Waals surface area contributed by atoms with Crippen molar-refractivity contribution in [2.24, 2.45) is 5.73 Å². The molecule has 2 aliphatic rings. The van der Waals surface area contributed by atoms with E-state index < -0.39 is 5.54 Å². The molecule has 3 N–H and O–H groups in total. The van der Waals surface area contributed by atoms with Crippen molar-refractivity contribution >= 4 is 5.91 Å². The van der Waals surface area contributed by atoms with Crippen LogP contribution in [-0.4, -0.2) is 54.2 Å². The van der Waals surface area contributed by atoms with Gasteiger partial charge in [-0.2, -0.15) is 0 Å². The Kier molecular flexibility index (Phi) is 5.63. The first-order chi connectivity index (χ1) is 10.0. The molecule has 5 nitrogen and oxygen atoms in total. The summed E-state index contributed by atoms with van der Waals surface area (Å²) in [5.41, 5.74) is 5.21. The van der Waals surface area contributed by atoms with Crippen LogP contribution in [0.4, 0.5) is 0 Å². The SMILES string of the molecule is CCNC1(C(N)=O)CCCC(N2CC(C)OCC2CC)C1. The van der Waals surface area contributed by atoms with Crippen LogP contribution in [0.15, 0.2) is 0 Å². The minimum absolute atomic E-state index is 0.191. The number of hydrogen-bond donors (Lipinski definition) is 2. The van der Waals surface area contributed by atoms with Gasteiger partial charge in [0.25, 0.3) is 0 Å². The van der Waals surface area contributed by atoms with Gasteiger partial charge in [-0.05, 0) is 45.6 Å². The smallest absolute Gasteiger partial charge is 0.237 e.